The van der Waals surface area contributed by atoms with Crippen molar-refractivity contribution in [2.45, 2.75) is 18.8 Å². The molecule has 146 valence electrons. The van der Waals surface area contributed by atoms with Crippen molar-refractivity contribution in [1.29, 1.82) is 0 Å². The highest BCUT2D eigenvalue weighted by molar-refractivity contribution is 5.85. The Hall–Kier alpha value is -1.95. The number of imidazole rings is 1. The number of nitrogens with one attached hydrogen (secondary N) is 2. The molecule has 0 radical (unpaired) electrons. The minimum absolute atomic E-state index is 0. The Morgan fingerprint density at radius 1 is 0.926 bits per heavy atom. The Bertz CT molecular complexity index is 892. The lowest BCUT2D eigenvalue weighted by Crippen LogP contribution is -2.26. The van der Waals surface area contributed by atoms with Gasteiger partial charge in [-0.3, -0.25) is 0 Å². The largest absolute Gasteiger partial charge is 0.493 e. The van der Waals surface area contributed by atoms with E-state index in [0.717, 1.165) is 41.3 Å². The van der Waals surface area contributed by atoms with Crippen molar-refractivity contribution in [1.82, 2.24) is 15.3 Å². The predicted octanol–water partition coefficient (Wildman–Crippen LogP) is 4.56. The number of aromatic amines is 1. The second-order valence-electron chi connectivity index (χ2n) is 6.46. The van der Waals surface area contributed by atoms with Gasteiger partial charge in [-0.25, -0.2) is 4.98 Å². The number of rotatable bonds is 4. The van der Waals surface area contributed by atoms with Crippen LogP contribution in [0.5, 0.6) is 11.5 Å². The Morgan fingerprint density at radius 2 is 1.67 bits per heavy atom. The summed E-state index contributed by atoms with van der Waals surface area (Å²) in [6.45, 7) is 2.20. The molecule has 0 saturated carbocycles. The van der Waals surface area contributed by atoms with Crippen molar-refractivity contribution < 1.29 is 9.47 Å². The molecule has 0 aliphatic carbocycles. The van der Waals surface area contributed by atoms with E-state index in [1.165, 1.54) is 18.4 Å². The van der Waals surface area contributed by atoms with Crippen molar-refractivity contribution in [3.05, 3.63) is 42.0 Å². The smallest absolute Gasteiger partial charge is 0.161 e. The second-order valence-corrected chi connectivity index (χ2v) is 6.46. The molecule has 2 heterocycles. The number of benzene rings is 2. The summed E-state index contributed by atoms with van der Waals surface area (Å²) < 4.78 is 10.7. The van der Waals surface area contributed by atoms with Gasteiger partial charge in [-0.15, -0.1) is 24.8 Å². The van der Waals surface area contributed by atoms with Gasteiger partial charge in [0.15, 0.2) is 11.5 Å². The van der Waals surface area contributed by atoms with E-state index < -0.39 is 0 Å². The number of nitrogens with zero attached hydrogens (tertiary/aromatic N) is 1. The van der Waals surface area contributed by atoms with Crippen LogP contribution in [0.3, 0.4) is 0 Å². The van der Waals surface area contributed by atoms with Gasteiger partial charge in [0.05, 0.1) is 25.3 Å². The fourth-order valence-corrected chi connectivity index (χ4v) is 3.56. The first kappa shape index (κ1) is 21.4. The van der Waals surface area contributed by atoms with Gasteiger partial charge in [-0.2, -0.15) is 0 Å². The first-order valence-corrected chi connectivity index (χ1v) is 8.71. The third-order valence-electron chi connectivity index (χ3n) is 4.97. The van der Waals surface area contributed by atoms with E-state index in [0.29, 0.717) is 11.7 Å². The quantitative estimate of drug-likeness (QED) is 0.662. The standard InChI is InChI=1S/C20H23N3O2.2ClH/c1-24-18-6-4-15(12-19(18)25-2)20-22-16-5-3-14(11-17(16)23-20)13-7-9-21-10-8-13;;/h3-6,11-13,21H,7-10H2,1-2H3,(H,22,23);2*1H. The Labute approximate surface area is 171 Å². The average Bonchev–Trinajstić information content (AvgIpc) is 3.11. The summed E-state index contributed by atoms with van der Waals surface area (Å²) in [5.74, 6) is 2.91. The summed E-state index contributed by atoms with van der Waals surface area (Å²) in [7, 11) is 3.28. The van der Waals surface area contributed by atoms with Gasteiger partial charge in [-0.1, -0.05) is 6.07 Å². The second kappa shape index (κ2) is 9.31. The zero-order valence-electron chi connectivity index (χ0n) is 15.5. The molecule has 0 atom stereocenters. The molecular weight excluding hydrogens is 385 g/mol. The molecule has 0 bridgehead atoms. The lowest BCUT2D eigenvalue weighted by atomic mass is 9.90. The van der Waals surface area contributed by atoms with E-state index in [-0.39, 0.29) is 24.8 Å². The van der Waals surface area contributed by atoms with Crippen molar-refractivity contribution in [2.75, 3.05) is 27.3 Å². The van der Waals surface area contributed by atoms with Crippen molar-refractivity contribution in [3.8, 4) is 22.9 Å². The van der Waals surface area contributed by atoms with E-state index in [4.69, 9.17) is 14.5 Å². The number of hydrogen-bond acceptors (Lipinski definition) is 4. The summed E-state index contributed by atoms with van der Waals surface area (Å²) in [6, 6.07) is 12.4. The third kappa shape index (κ3) is 4.32. The van der Waals surface area contributed by atoms with Crippen LogP contribution in [0.1, 0.15) is 24.3 Å². The number of halogens is 2. The number of ether oxygens (including phenoxy) is 2. The lowest BCUT2D eigenvalue weighted by molar-refractivity contribution is 0.355. The topological polar surface area (TPSA) is 59.2 Å². The number of H-pyrrole nitrogens is 1. The van der Waals surface area contributed by atoms with Crippen LogP contribution in [-0.2, 0) is 0 Å². The molecule has 2 N–H and O–H groups in total. The first-order valence-electron chi connectivity index (χ1n) is 8.71. The monoisotopic (exact) mass is 409 g/mol. The predicted molar refractivity (Wildman–Crippen MR) is 114 cm³/mol. The highest BCUT2D eigenvalue weighted by atomic mass is 35.5. The van der Waals surface area contributed by atoms with Crippen LogP contribution in [0.15, 0.2) is 36.4 Å². The molecule has 1 aromatic heterocycles. The molecule has 0 spiro atoms. The number of piperidine rings is 1. The summed E-state index contributed by atoms with van der Waals surface area (Å²) in [5, 5.41) is 3.43. The van der Waals surface area contributed by atoms with E-state index in [1.807, 2.05) is 18.2 Å². The zero-order chi connectivity index (χ0) is 17.2. The van der Waals surface area contributed by atoms with Gasteiger partial charge in [0.25, 0.3) is 0 Å². The van der Waals surface area contributed by atoms with Crippen LogP contribution in [-0.4, -0.2) is 37.3 Å². The van der Waals surface area contributed by atoms with E-state index >= 15 is 0 Å². The highest BCUT2D eigenvalue weighted by Gasteiger charge is 2.16. The molecule has 5 nitrogen and oxygen atoms in total. The molecule has 7 heteroatoms. The van der Waals surface area contributed by atoms with Crippen molar-refractivity contribution >= 4 is 35.8 Å². The van der Waals surface area contributed by atoms with Gasteiger partial charge < -0.3 is 19.8 Å². The van der Waals surface area contributed by atoms with E-state index in [1.54, 1.807) is 14.2 Å². The molecular formula is C20H25Cl2N3O2. The highest BCUT2D eigenvalue weighted by Crippen LogP contribution is 2.33. The third-order valence-corrected chi connectivity index (χ3v) is 4.97. The normalized spacial score (nSPS) is 14.3. The first-order chi connectivity index (χ1) is 12.3. The lowest BCUT2D eigenvalue weighted by Gasteiger charge is -2.22. The van der Waals surface area contributed by atoms with Gasteiger partial charge in [0.2, 0.25) is 0 Å². The Balaban J connectivity index is 0.00000131. The summed E-state index contributed by atoms with van der Waals surface area (Å²) in [4.78, 5) is 8.19. The fraction of sp³-hybridized carbons (Fsp3) is 0.350. The van der Waals surface area contributed by atoms with Crippen LogP contribution >= 0.6 is 24.8 Å². The average molecular weight is 410 g/mol. The molecule has 0 amide bonds. The van der Waals surface area contributed by atoms with E-state index in [2.05, 4.69) is 28.5 Å². The SMILES string of the molecule is COc1ccc(-c2nc3ccc(C4CCNCC4)cc3[nH]2)cc1OC.Cl.Cl. The molecule has 1 aliphatic heterocycles. The van der Waals surface area contributed by atoms with Crippen LogP contribution in [0.25, 0.3) is 22.4 Å². The maximum atomic E-state index is 5.40. The molecule has 1 aliphatic rings. The number of methoxy groups -OCH3 is 2. The maximum absolute atomic E-state index is 5.40. The van der Waals surface area contributed by atoms with Crippen LogP contribution in [0.4, 0.5) is 0 Å². The Morgan fingerprint density at radius 3 is 2.37 bits per heavy atom. The maximum Gasteiger partial charge on any atom is 0.161 e. The minimum Gasteiger partial charge on any atom is -0.493 e. The summed E-state index contributed by atoms with van der Waals surface area (Å²) in [5.41, 5.74) is 4.46. The summed E-state index contributed by atoms with van der Waals surface area (Å²) in [6.07, 6.45) is 2.39. The molecule has 3 aromatic rings. The zero-order valence-corrected chi connectivity index (χ0v) is 17.1. The fourth-order valence-electron chi connectivity index (χ4n) is 3.56. The molecule has 1 saturated heterocycles. The van der Waals surface area contributed by atoms with Gasteiger partial charge >= 0.3 is 0 Å². The minimum atomic E-state index is 0. The van der Waals surface area contributed by atoms with Crippen molar-refractivity contribution in [3.63, 3.8) is 0 Å². The van der Waals surface area contributed by atoms with Gasteiger partial charge in [0, 0.05) is 5.56 Å². The van der Waals surface area contributed by atoms with Gasteiger partial charge in [0.1, 0.15) is 5.82 Å². The molecule has 4 rings (SSSR count). The molecule has 2 aromatic carbocycles. The molecule has 1 fully saturated rings. The van der Waals surface area contributed by atoms with Gasteiger partial charge in [-0.05, 0) is 67.7 Å². The molecule has 0 unspecified atom stereocenters. The van der Waals surface area contributed by atoms with Crippen LogP contribution < -0.4 is 14.8 Å². The number of hydrogen-bond donors (Lipinski definition) is 2. The number of fused-ring (bicyclic) bond motifs is 1. The van der Waals surface area contributed by atoms with Crippen molar-refractivity contribution in [2.24, 2.45) is 0 Å². The Kier molecular flexibility index (Phi) is 7.36. The summed E-state index contributed by atoms with van der Waals surface area (Å²) >= 11 is 0. The molecule has 27 heavy (non-hydrogen) atoms. The number of aromatic nitrogens is 2. The van der Waals surface area contributed by atoms with E-state index in [9.17, 15) is 0 Å². The van der Waals surface area contributed by atoms with Crippen LogP contribution in [0.2, 0.25) is 0 Å². The van der Waals surface area contributed by atoms with Crippen LogP contribution in [0, 0.1) is 0 Å².